The maximum Gasteiger partial charge on any atom is 0.115 e. The van der Waals surface area contributed by atoms with Gasteiger partial charge in [0, 0.05) is 31.0 Å². The van der Waals surface area contributed by atoms with Gasteiger partial charge in [0.15, 0.2) is 0 Å². The number of hydrogen-bond acceptors (Lipinski definition) is 3. The normalized spacial score (nSPS) is 18.9. The van der Waals surface area contributed by atoms with Crippen LogP contribution in [0.4, 0.5) is 0 Å². The lowest BCUT2D eigenvalue weighted by Crippen LogP contribution is -2.36. The molecule has 0 amide bonds. The van der Waals surface area contributed by atoms with Gasteiger partial charge in [0.25, 0.3) is 0 Å². The van der Waals surface area contributed by atoms with Crippen molar-refractivity contribution >= 4 is 0 Å². The summed E-state index contributed by atoms with van der Waals surface area (Å²) in [6.07, 6.45) is 9.42. The van der Waals surface area contributed by atoms with Crippen LogP contribution in [-0.2, 0) is 6.54 Å². The summed E-state index contributed by atoms with van der Waals surface area (Å²) in [4.78, 5) is 7.97. The van der Waals surface area contributed by atoms with Gasteiger partial charge in [0.05, 0.1) is 0 Å². The summed E-state index contributed by atoms with van der Waals surface area (Å²) < 4.78 is 0. The van der Waals surface area contributed by atoms with E-state index in [0.29, 0.717) is 5.41 Å². The Labute approximate surface area is 85.0 Å². The summed E-state index contributed by atoms with van der Waals surface area (Å²) in [7, 11) is 0. The molecule has 1 N–H and O–H groups in total. The first-order chi connectivity index (χ1) is 6.79. The van der Waals surface area contributed by atoms with Gasteiger partial charge in [-0.15, -0.1) is 0 Å². The van der Waals surface area contributed by atoms with Gasteiger partial charge in [-0.05, 0) is 18.3 Å². The minimum atomic E-state index is 0.551. The van der Waals surface area contributed by atoms with Crippen molar-refractivity contribution in [3.63, 3.8) is 0 Å². The Morgan fingerprint density at radius 1 is 1.36 bits per heavy atom. The van der Waals surface area contributed by atoms with E-state index in [9.17, 15) is 0 Å². The lowest BCUT2D eigenvalue weighted by Gasteiger charge is -2.38. The smallest absolute Gasteiger partial charge is 0.115 e. The Bertz CT molecular complexity index is 280. The Morgan fingerprint density at radius 2 is 2.07 bits per heavy atom. The van der Waals surface area contributed by atoms with Crippen molar-refractivity contribution in [2.24, 2.45) is 5.41 Å². The first-order valence-corrected chi connectivity index (χ1v) is 5.23. The van der Waals surface area contributed by atoms with Crippen LogP contribution in [-0.4, -0.2) is 16.5 Å². The van der Waals surface area contributed by atoms with Crippen LogP contribution in [0.25, 0.3) is 0 Å². The number of nitrogens with one attached hydrogen (secondary N) is 1. The molecule has 76 valence electrons. The highest BCUT2D eigenvalue weighted by Gasteiger charge is 2.30. The van der Waals surface area contributed by atoms with E-state index in [1.807, 2.05) is 12.4 Å². The van der Waals surface area contributed by atoms with E-state index in [4.69, 9.17) is 0 Å². The van der Waals surface area contributed by atoms with Crippen molar-refractivity contribution in [2.45, 2.75) is 32.7 Å². The third-order valence-corrected chi connectivity index (χ3v) is 3.06. The molecule has 0 unspecified atom stereocenters. The van der Waals surface area contributed by atoms with Gasteiger partial charge >= 0.3 is 0 Å². The molecule has 0 atom stereocenters. The van der Waals surface area contributed by atoms with Crippen LogP contribution < -0.4 is 5.32 Å². The SMILES string of the molecule is CC1(CNCc2cncnc2)CCC1. The van der Waals surface area contributed by atoms with Crippen molar-refractivity contribution in [2.75, 3.05) is 6.54 Å². The van der Waals surface area contributed by atoms with E-state index in [2.05, 4.69) is 22.2 Å². The highest BCUT2D eigenvalue weighted by molar-refractivity contribution is 5.01. The molecule has 0 aliphatic heterocycles. The minimum absolute atomic E-state index is 0.551. The average Bonchev–Trinajstić information content (AvgIpc) is 2.17. The summed E-state index contributed by atoms with van der Waals surface area (Å²) in [6, 6.07) is 0. The maximum absolute atomic E-state index is 3.98. The number of aromatic nitrogens is 2. The van der Waals surface area contributed by atoms with Crippen molar-refractivity contribution in [3.05, 3.63) is 24.3 Å². The highest BCUT2D eigenvalue weighted by Crippen LogP contribution is 2.39. The minimum Gasteiger partial charge on any atom is -0.312 e. The molecule has 3 nitrogen and oxygen atoms in total. The van der Waals surface area contributed by atoms with Crippen LogP contribution in [0.5, 0.6) is 0 Å². The van der Waals surface area contributed by atoms with Crippen LogP contribution in [0.2, 0.25) is 0 Å². The molecule has 3 heteroatoms. The van der Waals surface area contributed by atoms with Gasteiger partial charge in [0.1, 0.15) is 6.33 Å². The number of hydrogen-bond donors (Lipinski definition) is 1. The summed E-state index contributed by atoms with van der Waals surface area (Å²) in [5, 5.41) is 3.46. The number of nitrogens with zero attached hydrogens (tertiary/aromatic N) is 2. The molecule has 1 aromatic rings. The molecule has 14 heavy (non-hydrogen) atoms. The monoisotopic (exact) mass is 191 g/mol. The van der Waals surface area contributed by atoms with E-state index >= 15 is 0 Å². The second kappa shape index (κ2) is 4.05. The second-order valence-corrected chi connectivity index (χ2v) is 4.51. The number of rotatable bonds is 4. The molecular weight excluding hydrogens is 174 g/mol. The highest BCUT2D eigenvalue weighted by atomic mass is 14.9. The van der Waals surface area contributed by atoms with Crippen molar-refractivity contribution in [1.29, 1.82) is 0 Å². The van der Waals surface area contributed by atoms with Gasteiger partial charge in [-0.25, -0.2) is 9.97 Å². The van der Waals surface area contributed by atoms with Gasteiger partial charge in [-0.1, -0.05) is 13.3 Å². The molecular formula is C11H17N3. The summed E-state index contributed by atoms with van der Waals surface area (Å²) in [5.41, 5.74) is 1.71. The second-order valence-electron chi connectivity index (χ2n) is 4.51. The molecule has 2 rings (SSSR count). The molecule has 1 aliphatic carbocycles. The first-order valence-electron chi connectivity index (χ1n) is 5.23. The third kappa shape index (κ3) is 2.29. The quantitative estimate of drug-likeness (QED) is 0.788. The molecule has 0 radical (unpaired) electrons. The van der Waals surface area contributed by atoms with Gasteiger partial charge < -0.3 is 5.32 Å². The fourth-order valence-corrected chi connectivity index (χ4v) is 1.89. The molecule has 0 aromatic carbocycles. The molecule has 1 saturated carbocycles. The zero-order valence-electron chi connectivity index (χ0n) is 8.66. The molecule has 1 aromatic heterocycles. The maximum atomic E-state index is 3.98. The first kappa shape index (κ1) is 9.59. The third-order valence-electron chi connectivity index (χ3n) is 3.06. The van der Waals surface area contributed by atoms with E-state index in [-0.39, 0.29) is 0 Å². The van der Waals surface area contributed by atoms with Crippen molar-refractivity contribution < 1.29 is 0 Å². The van der Waals surface area contributed by atoms with Crippen LogP contribution in [0, 0.1) is 5.41 Å². The molecule has 0 spiro atoms. The summed E-state index contributed by atoms with van der Waals surface area (Å²) in [5.74, 6) is 0. The summed E-state index contributed by atoms with van der Waals surface area (Å²) in [6.45, 7) is 4.35. The fourth-order valence-electron chi connectivity index (χ4n) is 1.89. The zero-order valence-corrected chi connectivity index (χ0v) is 8.66. The standard InChI is InChI=1S/C11H17N3/c1-11(3-2-4-11)8-12-5-10-6-13-9-14-7-10/h6-7,9,12H,2-5,8H2,1H3. The van der Waals surface area contributed by atoms with E-state index < -0.39 is 0 Å². The Hall–Kier alpha value is -0.960. The molecule has 0 bridgehead atoms. The van der Waals surface area contributed by atoms with E-state index in [0.717, 1.165) is 18.7 Å². The zero-order chi connectivity index (χ0) is 9.86. The molecule has 1 aliphatic rings. The Morgan fingerprint density at radius 3 is 2.64 bits per heavy atom. The van der Waals surface area contributed by atoms with E-state index in [1.54, 1.807) is 6.33 Å². The van der Waals surface area contributed by atoms with Crippen LogP contribution in [0.1, 0.15) is 31.7 Å². The lowest BCUT2D eigenvalue weighted by molar-refractivity contribution is 0.156. The van der Waals surface area contributed by atoms with Crippen molar-refractivity contribution in [1.82, 2.24) is 15.3 Å². The van der Waals surface area contributed by atoms with Crippen LogP contribution in [0.15, 0.2) is 18.7 Å². The Balaban J connectivity index is 1.73. The largest absolute Gasteiger partial charge is 0.312 e. The summed E-state index contributed by atoms with van der Waals surface area (Å²) >= 11 is 0. The van der Waals surface area contributed by atoms with Crippen LogP contribution >= 0.6 is 0 Å². The van der Waals surface area contributed by atoms with Crippen LogP contribution in [0.3, 0.4) is 0 Å². The Kier molecular flexibility index (Phi) is 2.77. The molecule has 1 fully saturated rings. The average molecular weight is 191 g/mol. The van der Waals surface area contributed by atoms with Gasteiger partial charge in [-0.2, -0.15) is 0 Å². The predicted octanol–water partition coefficient (Wildman–Crippen LogP) is 1.76. The van der Waals surface area contributed by atoms with Gasteiger partial charge in [0.2, 0.25) is 0 Å². The van der Waals surface area contributed by atoms with Gasteiger partial charge in [-0.3, -0.25) is 0 Å². The fraction of sp³-hybridized carbons (Fsp3) is 0.636. The van der Waals surface area contributed by atoms with Crippen molar-refractivity contribution in [3.8, 4) is 0 Å². The van der Waals surface area contributed by atoms with E-state index in [1.165, 1.54) is 19.3 Å². The lowest BCUT2D eigenvalue weighted by atomic mass is 9.70. The molecule has 1 heterocycles. The molecule has 0 saturated heterocycles. The predicted molar refractivity (Wildman–Crippen MR) is 55.7 cm³/mol. The topological polar surface area (TPSA) is 37.8 Å².